The van der Waals surface area contributed by atoms with Gasteiger partial charge in [0.2, 0.25) is 11.9 Å². The molecule has 3 rings (SSSR count). The number of amides is 1. The molecule has 28 heavy (non-hydrogen) atoms. The minimum atomic E-state index is -1.08. The Hall–Kier alpha value is -2.81. The Morgan fingerprint density at radius 1 is 1.25 bits per heavy atom. The lowest BCUT2D eigenvalue weighted by atomic mass is 9.91. The van der Waals surface area contributed by atoms with Crippen LogP contribution in [0.1, 0.15) is 18.5 Å². The summed E-state index contributed by atoms with van der Waals surface area (Å²) in [5, 5.41) is 2.75. The average Bonchev–Trinajstić information content (AvgIpc) is 2.73. The Kier molecular flexibility index (Phi) is 6.35. The van der Waals surface area contributed by atoms with E-state index in [2.05, 4.69) is 5.32 Å². The molecule has 0 aromatic heterocycles. The van der Waals surface area contributed by atoms with Gasteiger partial charge in [0, 0.05) is 13.1 Å². The fourth-order valence-corrected chi connectivity index (χ4v) is 3.28. The first-order valence-electron chi connectivity index (χ1n) is 9.19. The molecule has 1 fully saturated rings. The summed E-state index contributed by atoms with van der Waals surface area (Å²) in [7, 11) is 3.07. The summed E-state index contributed by atoms with van der Waals surface area (Å²) in [5.74, 6) is -0.635. The molecule has 1 N–H and O–H groups in total. The van der Waals surface area contributed by atoms with E-state index in [0.29, 0.717) is 49.3 Å². The number of carbonyl (C=O) groups is 2. The lowest BCUT2D eigenvalue weighted by Gasteiger charge is -2.35. The number of nitrogens with one attached hydrogen (secondary N) is 1. The fourth-order valence-electron chi connectivity index (χ4n) is 3.28. The van der Waals surface area contributed by atoms with Crippen LogP contribution in [0.2, 0.25) is 0 Å². The Morgan fingerprint density at radius 2 is 1.96 bits per heavy atom. The minimum absolute atomic E-state index is 0.182. The highest BCUT2D eigenvalue weighted by atomic mass is 16.5. The van der Waals surface area contributed by atoms with E-state index in [-0.39, 0.29) is 6.61 Å². The number of hydrogen-bond acceptors (Lipinski definition) is 8. The number of guanidine groups is 1. The molecule has 1 aromatic carbocycles. The predicted octanol–water partition coefficient (Wildman–Crippen LogP) is 0.742. The van der Waals surface area contributed by atoms with Crippen LogP contribution in [-0.4, -0.2) is 69.9 Å². The number of benzene rings is 1. The topological polar surface area (TPSA) is 98.7 Å². The average molecular weight is 391 g/mol. The van der Waals surface area contributed by atoms with Crippen molar-refractivity contribution < 1.29 is 28.5 Å². The third-order valence-electron chi connectivity index (χ3n) is 4.69. The summed E-state index contributed by atoms with van der Waals surface area (Å²) in [6.45, 7) is 4.21. The fraction of sp³-hybridized carbons (Fsp3) is 0.526. The van der Waals surface area contributed by atoms with Gasteiger partial charge in [-0.15, -0.1) is 0 Å². The second-order valence-corrected chi connectivity index (χ2v) is 6.33. The van der Waals surface area contributed by atoms with Crippen molar-refractivity contribution >= 4 is 17.8 Å². The molecule has 1 saturated heterocycles. The summed E-state index contributed by atoms with van der Waals surface area (Å²) in [4.78, 5) is 32.0. The maximum atomic E-state index is 12.8. The molecule has 152 valence electrons. The first-order chi connectivity index (χ1) is 13.6. The monoisotopic (exact) mass is 391 g/mol. The van der Waals surface area contributed by atoms with Gasteiger partial charge in [0.25, 0.3) is 0 Å². The van der Waals surface area contributed by atoms with Crippen LogP contribution in [-0.2, 0) is 19.1 Å². The smallest absolute Gasteiger partial charge is 0.321 e. The minimum Gasteiger partial charge on any atom is -0.493 e. The first kappa shape index (κ1) is 19.9. The number of esters is 1. The zero-order valence-corrected chi connectivity index (χ0v) is 16.3. The Morgan fingerprint density at radius 3 is 2.61 bits per heavy atom. The molecule has 2 aliphatic rings. The number of morpholine rings is 1. The first-order valence-corrected chi connectivity index (χ1v) is 9.19. The molecule has 0 radical (unpaired) electrons. The largest absolute Gasteiger partial charge is 0.493 e. The molecule has 0 saturated carbocycles. The van der Waals surface area contributed by atoms with Gasteiger partial charge in [-0.2, -0.15) is 0 Å². The van der Waals surface area contributed by atoms with Gasteiger partial charge in [0.1, 0.15) is 6.04 Å². The molecule has 1 aromatic rings. The Bertz CT molecular complexity index is 760. The van der Waals surface area contributed by atoms with Crippen molar-refractivity contribution in [3.8, 4) is 11.5 Å². The van der Waals surface area contributed by atoms with Crippen molar-refractivity contribution in [1.82, 2.24) is 10.2 Å². The van der Waals surface area contributed by atoms with Gasteiger partial charge in [0.05, 0.1) is 34.0 Å². The summed E-state index contributed by atoms with van der Waals surface area (Å²) in [6, 6.07) is 4.50. The van der Waals surface area contributed by atoms with Crippen molar-refractivity contribution in [3.05, 3.63) is 23.8 Å². The molecule has 9 heteroatoms. The molecular formula is C19H25N3O6. The molecule has 0 unspecified atom stereocenters. The van der Waals surface area contributed by atoms with Gasteiger partial charge in [-0.05, 0) is 24.6 Å². The number of carbonyl (C=O) groups excluding carboxylic acids is 2. The highest BCUT2D eigenvalue weighted by molar-refractivity contribution is 6.08. The van der Waals surface area contributed by atoms with Gasteiger partial charge < -0.3 is 23.8 Å². The van der Waals surface area contributed by atoms with E-state index in [1.807, 2.05) is 4.90 Å². The van der Waals surface area contributed by atoms with E-state index >= 15 is 0 Å². The van der Waals surface area contributed by atoms with E-state index in [9.17, 15) is 9.59 Å². The third kappa shape index (κ3) is 4.04. The van der Waals surface area contributed by atoms with E-state index in [4.69, 9.17) is 23.9 Å². The maximum Gasteiger partial charge on any atom is 0.321 e. The van der Waals surface area contributed by atoms with Gasteiger partial charge in [-0.25, -0.2) is 4.99 Å². The lowest BCUT2D eigenvalue weighted by molar-refractivity contribution is -0.153. The zero-order valence-electron chi connectivity index (χ0n) is 16.3. The number of rotatable bonds is 5. The van der Waals surface area contributed by atoms with Crippen LogP contribution in [0.5, 0.6) is 11.5 Å². The van der Waals surface area contributed by atoms with Gasteiger partial charge in [-0.1, -0.05) is 6.07 Å². The van der Waals surface area contributed by atoms with E-state index in [1.165, 1.54) is 7.11 Å². The van der Waals surface area contributed by atoms with Crippen LogP contribution in [0.3, 0.4) is 0 Å². The van der Waals surface area contributed by atoms with Crippen LogP contribution in [0.15, 0.2) is 23.2 Å². The molecular weight excluding hydrogens is 366 g/mol. The van der Waals surface area contributed by atoms with Crippen molar-refractivity contribution in [1.29, 1.82) is 0 Å². The summed E-state index contributed by atoms with van der Waals surface area (Å²) in [6.07, 6.45) is 0. The number of hydrogen-bond donors (Lipinski definition) is 1. The Balaban J connectivity index is 2.01. The number of methoxy groups -OCH3 is 2. The van der Waals surface area contributed by atoms with Crippen LogP contribution in [0.4, 0.5) is 0 Å². The molecule has 2 atom stereocenters. The van der Waals surface area contributed by atoms with Crippen LogP contribution in [0, 0.1) is 5.92 Å². The maximum absolute atomic E-state index is 12.8. The van der Waals surface area contributed by atoms with Crippen molar-refractivity contribution in [2.75, 3.05) is 47.1 Å². The van der Waals surface area contributed by atoms with Crippen LogP contribution >= 0.6 is 0 Å². The molecule has 2 heterocycles. The number of nitrogens with zero attached hydrogens (tertiary/aromatic N) is 2. The quantitative estimate of drug-likeness (QED) is 0.584. The molecule has 9 nitrogen and oxygen atoms in total. The number of ether oxygens (including phenoxy) is 4. The zero-order chi connectivity index (χ0) is 20.1. The summed E-state index contributed by atoms with van der Waals surface area (Å²) >= 11 is 0. The SMILES string of the molecule is CCOC(=O)[C@@H]1C(=O)NC(N2CCOCC2)=N[C@@H]1c1ccc(OC)c(OC)c1. The summed E-state index contributed by atoms with van der Waals surface area (Å²) < 4.78 is 21.1. The van der Waals surface area contributed by atoms with Crippen molar-refractivity contribution in [2.24, 2.45) is 10.9 Å². The molecule has 2 aliphatic heterocycles. The molecule has 0 aliphatic carbocycles. The standard InChI is InChI=1S/C19H25N3O6/c1-4-28-18(24)15-16(12-5-6-13(25-2)14(11-12)26-3)20-19(21-17(15)23)22-7-9-27-10-8-22/h5-6,11,15-16H,4,7-10H2,1-3H3,(H,20,21,23)/t15-,16+/m0/s1. The summed E-state index contributed by atoms with van der Waals surface area (Å²) in [5.41, 5.74) is 0.663. The van der Waals surface area contributed by atoms with Gasteiger partial charge in [-0.3, -0.25) is 14.9 Å². The highest BCUT2D eigenvalue weighted by Gasteiger charge is 2.42. The molecule has 1 amide bonds. The number of aliphatic imine (C=N–C) groups is 1. The Labute approximate surface area is 163 Å². The second-order valence-electron chi connectivity index (χ2n) is 6.33. The predicted molar refractivity (Wildman–Crippen MR) is 100 cm³/mol. The van der Waals surface area contributed by atoms with E-state index in [0.717, 1.165) is 0 Å². The molecule has 0 spiro atoms. The second kappa shape index (κ2) is 8.92. The van der Waals surface area contributed by atoms with E-state index < -0.39 is 23.8 Å². The van der Waals surface area contributed by atoms with Crippen molar-refractivity contribution in [3.63, 3.8) is 0 Å². The van der Waals surface area contributed by atoms with Gasteiger partial charge >= 0.3 is 5.97 Å². The third-order valence-corrected chi connectivity index (χ3v) is 4.69. The molecule has 0 bridgehead atoms. The normalized spacial score (nSPS) is 22.2. The highest BCUT2D eigenvalue weighted by Crippen LogP contribution is 2.36. The van der Waals surface area contributed by atoms with Crippen LogP contribution in [0.25, 0.3) is 0 Å². The van der Waals surface area contributed by atoms with Crippen LogP contribution < -0.4 is 14.8 Å². The lowest BCUT2D eigenvalue weighted by Crippen LogP contribution is -2.55. The van der Waals surface area contributed by atoms with Crippen molar-refractivity contribution in [2.45, 2.75) is 13.0 Å². The van der Waals surface area contributed by atoms with Gasteiger partial charge in [0.15, 0.2) is 17.4 Å². The van der Waals surface area contributed by atoms with E-state index in [1.54, 1.807) is 32.2 Å².